The van der Waals surface area contributed by atoms with Gasteiger partial charge >= 0.3 is 6.03 Å². The molecule has 2 atom stereocenters. The number of hydrogen-bond donors (Lipinski definition) is 2. The van der Waals surface area contributed by atoms with Crippen molar-refractivity contribution < 1.29 is 9.59 Å². The summed E-state index contributed by atoms with van der Waals surface area (Å²) in [5.74, 6) is -0.166. The van der Waals surface area contributed by atoms with Crippen LogP contribution in [0.1, 0.15) is 25.5 Å². The molecule has 7 heteroatoms. The number of aromatic nitrogens is 2. The number of carbonyl (C=O) groups excluding carboxylic acids is 2. The standard InChI is InChI=1S/C13H21N5O2/c1-9-6-16-18(8-9)11(3)10(2)14-4-5-17-12(19)7-15-13(17)20/h6,8,10-11,14H,4-5,7H2,1-3H3,(H,15,20)/t10-,11+/m0/s1. The Kier molecular flexibility index (Phi) is 4.39. The van der Waals surface area contributed by atoms with Crippen LogP contribution in [-0.2, 0) is 4.79 Å². The molecule has 0 saturated carbocycles. The molecule has 0 bridgehead atoms. The highest BCUT2D eigenvalue weighted by atomic mass is 16.2. The lowest BCUT2D eigenvalue weighted by Gasteiger charge is -2.23. The molecule has 1 aliphatic rings. The van der Waals surface area contributed by atoms with Crippen LogP contribution in [0.15, 0.2) is 12.4 Å². The van der Waals surface area contributed by atoms with Gasteiger partial charge in [-0.1, -0.05) is 0 Å². The summed E-state index contributed by atoms with van der Waals surface area (Å²) in [6.07, 6.45) is 3.83. The minimum atomic E-state index is -0.305. The Morgan fingerprint density at radius 1 is 1.45 bits per heavy atom. The predicted molar refractivity (Wildman–Crippen MR) is 74.3 cm³/mol. The smallest absolute Gasteiger partial charge is 0.324 e. The molecular weight excluding hydrogens is 258 g/mol. The molecule has 2 N–H and O–H groups in total. The predicted octanol–water partition coefficient (Wildman–Crippen LogP) is 0.282. The summed E-state index contributed by atoms with van der Waals surface area (Å²) in [6, 6.07) is 0.0853. The molecule has 0 aromatic carbocycles. The molecule has 1 aromatic rings. The van der Waals surface area contributed by atoms with Crippen LogP contribution in [0, 0.1) is 6.92 Å². The zero-order valence-corrected chi connectivity index (χ0v) is 12.1. The van der Waals surface area contributed by atoms with Crippen molar-refractivity contribution >= 4 is 11.9 Å². The minimum Gasteiger partial charge on any atom is -0.329 e. The van der Waals surface area contributed by atoms with Crippen LogP contribution in [0.3, 0.4) is 0 Å². The van der Waals surface area contributed by atoms with Gasteiger partial charge in [0.05, 0.1) is 18.8 Å². The fourth-order valence-corrected chi connectivity index (χ4v) is 2.14. The lowest BCUT2D eigenvalue weighted by atomic mass is 10.2. The highest BCUT2D eigenvalue weighted by molar-refractivity contribution is 6.01. The molecule has 7 nitrogen and oxygen atoms in total. The number of urea groups is 1. The van der Waals surface area contributed by atoms with Gasteiger partial charge in [-0.25, -0.2) is 4.79 Å². The van der Waals surface area contributed by atoms with E-state index in [0.717, 1.165) is 5.56 Å². The minimum absolute atomic E-state index is 0.108. The first-order chi connectivity index (χ1) is 9.49. The molecule has 1 saturated heterocycles. The van der Waals surface area contributed by atoms with Crippen LogP contribution in [0.2, 0.25) is 0 Å². The first-order valence-corrected chi connectivity index (χ1v) is 6.81. The maximum atomic E-state index is 11.4. The molecule has 0 unspecified atom stereocenters. The van der Waals surface area contributed by atoms with E-state index in [1.165, 1.54) is 4.90 Å². The molecule has 0 radical (unpaired) electrons. The maximum absolute atomic E-state index is 11.4. The van der Waals surface area contributed by atoms with Gasteiger partial charge < -0.3 is 10.6 Å². The van der Waals surface area contributed by atoms with Crippen molar-refractivity contribution in [1.82, 2.24) is 25.3 Å². The Hall–Kier alpha value is -1.89. The monoisotopic (exact) mass is 279 g/mol. The third-order valence-electron chi connectivity index (χ3n) is 3.61. The topological polar surface area (TPSA) is 79.3 Å². The molecule has 20 heavy (non-hydrogen) atoms. The number of carbonyl (C=O) groups is 2. The average molecular weight is 279 g/mol. The van der Waals surface area contributed by atoms with Gasteiger partial charge in [-0.15, -0.1) is 0 Å². The molecule has 0 spiro atoms. The third-order valence-corrected chi connectivity index (χ3v) is 3.61. The number of aryl methyl sites for hydroxylation is 1. The highest BCUT2D eigenvalue weighted by Gasteiger charge is 2.27. The van der Waals surface area contributed by atoms with Crippen molar-refractivity contribution in [2.45, 2.75) is 32.9 Å². The van der Waals surface area contributed by atoms with Gasteiger partial charge in [-0.3, -0.25) is 14.4 Å². The number of amides is 3. The second-order valence-electron chi connectivity index (χ2n) is 5.19. The van der Waals surface area contributed by atoms with Crippen LogP contribution >= 0.6 is 0 Å². The lowest BCUT2D eigenvalue weighted by molar-refractivity contribution is -0.124. The Balaban J connectivity index is 1.79. The summed E-state index contributed by atoms with van der Waals surface area (Å²) in [7, 11) is 0. The molecule has 0 aliphatic carbocycles. The molecule has 1 aromatic heterocycles. The van der Waals surface area contributed by atoms with E-state index in [0.29, 0.717) is 13.1 Å². The Bertz CT molecular complexity index is 483. The first kappa shape index (κ1) is 14.5. The number of nitrogens with zero attached hydrogens (tertiary/aromatic N) is 3. The first-order valence-electron chi connectivity index (χ1n) is 6.81. The SMILES string of the molecule is Cc1cnn([C@H](C)[C@H](C)NCCN2C(=O)CNC2=O)c1. The van der Waals surface area contributed by atoms with Gasteiger partial charge in [0.2, 0.25) is 5.91 Å². The van der Waals surface area contributed by atoms with Crippen LogP contribution in [0.25, 0.3) is 0 Å². The average Bonchev–Trinajstić information content (AvgIpc) is 2.97. The van der Waals surface area contributed by atoms with Crippen molar-refractivity contribution in [3.8, 4) is 0 Å². The van der Waals surface area contributed by atoms with Gasteiger partial charge in [0, 0.05) is 25.3 Å². The van der Waals surface area contributed by atoms with E-state index in [2.05, 4.69) is 29.6 Å². The summed E-state index contributed by atoms with van der Waals surface area (Å²) >= 11 is 0. The van der Waals surface area contributed by atoms with Crippen LogP contribution in [0.5, 0.6) is 0 Å². The fourth-order valence-electron chi connectivity index (χ4n) is 2.14. The molecular formula is C13H21N5O2. The third kappa shape index (κ3) is 3.16. The second-order valence-corrected chi connectivity index (χ2v) is 5.19. The van der Waals surface area contributed by atoms with Crippen molar-refractivity contribution in [2.24, 2.45) is 0 Å². The van der Waals surface area contributed by atoms with E-state index in [9.17, 15) is 9.59 Å². The highest BCUT2D eigenvalue weighted by Crippen LogP contribution is 2.10. The quantitative estimate of drug-likeness (QED) is 0.733. The lowest BCUT2D eigenvalue weighted by Crippen LogP contribution is -2.41. The number of imide groups is 1. The molecule has 2 rings (SSSR count). The number of nitrogens with one attached hydrogen (secondary N) is 2. The van der Waals surface area contributed by atoms with Crippen molar-refractivity contribution in [2.75, 3.05) is 19.6 Å². The van der Waals surface area contributed by atoms with Gasteiger partial charge in [-0.2, -0.15) is 5.10 Å². The Labute approximate surface area is 118 Å². The normalized spacial score (nSPS) is 18.2. The summed E-state index contributed by atoms with van der Waals surface area (Å²) in [5.41, 5.74) is 1.13. The Morgan fingerprint density at radius 3 is 2.75 bits per heavy atom. The summed E-state index contributed by atoms with van der Waals surface area (Å²) in [6.45, 7) is 7.22. The van der Waals surface area contributed by atoms with Crippen LogP contribution in [0.4, 0.5) is 4.79 Å². The fraction of sp³-hybridized carbons (Fsp3) is 0.615. The van der Waals surface area contributed by atoms with E-state index in [1.807, 2.05) is 24.0 Å². The largest absolute Gasteiger partial charge is 0.329 e. The van der Waals surface area contributed by atoms with Gasteiger partial charge in [-0.05, 0) is 26.3 Å². The molecule has 2 heterocycles. The van der Waals surface area contributed by atoms with Crippen molar-refractivity contribution in [1.29, 1.82) is 0 Å². The van der Waals surface area contributed by atoms with E-state index >= 15 is 0 Å². The van der Waals surface area contributed by atoms with Gasteiger partial charge in [0.15, 0.2) is 0 Å². The zero-order valence-electron chi connectivity index (χ0n) is 12.1. The second kappa shape index (κ2) is 6.04. The molecule has 1 aliphatic heterocycles. The Morgan fingerprint density at radius 2 is 2.20 bits per heavy atom. The van der Waals surface area contributed by atoms with Crippen LogP contribution in [-0.4, -0.2) is 52.3 Å². The van der Waals surface area contributed by atoms with Crippen molar-refractivity contribution in [3.05, 3.63) is 18.0 Å². The zero-order chi connectivity index (χ0) is 14.7. The van der Waals surface area contributed by atoms with E-state index in [1.54, 1.807) is 0 Å². The van der Waals surface area contributed by atoms with E-state index < -0.39 is 0 Å². The number of hydrogen-bond acceptors (Lipinski definition) is 4. The maximum Gasteiger partial charge on any atom is 0.324 e. The molecule has 3 amide bonds. The van der Waals surface area contributed by atoms with Gasteiger partial charge in [0.25, 0.3) is 0 Å². The van der Waals surface area contributed by atoms with Gasteiger partial charge in [0.1, 0.15) is 0 Å². The van der Waals surface area contributed by atoms with Crippen molar-refractivity contribution in [3.63, 3.8) is 0 Å². The number of rotatable bonds is 6. The van der Waals surface area contributed by atoms with E-state index in [-0.39, 0.29) is 30.6 Å². The molecule has 110 valence electrons. The summed E-state index contributed by atoms with van der Waals surface area (Å²) < 4.78 is 1.92. The van der Waals surface area contributed by atoms with Crippen LogP contribution < -0.4 is 10.6 Å². The summed E-state index contributed by atoms with van der Waals surface area (Å²) in [4.78, 5) is 24.0. The van der Waals surface area contributed by atoms with E-state index in [4.69, 9.17) is 0 Å². The summed E-state index contributed by atoms with van der Waals surface area (Å²) in [5, 5.41) is 10.1. The molecule has 1 fully saturated rings.